The first-order valence-corrected chi connectivity index (χ1v) is 15.6. The van der Waals surface area contributed by atoms with E-state index in [9.17, 15) is 4.39 Å². The van der Waals surface area contributed by atoms with Gasteiger partial charge in [0.05, 0.1) is 12.3 Å². The van der Waals surface area contributed by atoms with Gasteiger partial charge in [0, 0.05) is 5.56 Å². The zero-order valence-electron chi connectivity index (χ0n) is 23.8. The summed E-state index contributed by atoms with van der Waals surface area (Å²) < 4.78 is 20.3. The summed E-state index contributed by atoms with van der Waals surface area (Å²) in [6.45, 7) is 5.10. The fraction of sp³-hybridized carbons (Fsp3) is 0.676. The average molecular weight is 510 g/mol. The lowest BCUT2D eigenvalue weighted by Crippen LogP contribution is -2.13. The Balaban J connectivity index is 1.35. The van der Waals surface area contributed by atoms with E-state index in [1.165, 1.54) is 108 Å². The van der Waals surface area contributed by atoms with Gasteiger partial charge in [-0.05, 0) is 61.6 Å². The fourth-order valence-corrected chi connectivity index (χ4v) is 5.86. The van der Waals surface area contributed by atoms with Crippen LogP contribution in [-0.2, 0) is 0 Å². The fourth-order valence-electron chi connectivity index (χ4n) is 5.86. The van der Waals surface area contributed by atoms with Gasteiger partial charge in [-0.15, -0.1) is 0 Å². The molecule has 206 valence electrons. The summed E-state index contributed by atoms with van der Waals surface area (Å²) in [5.41, 5.74) is 3.07. The molecule has 0 unspecified atom stereocenters. The molecule has 1 aromatic carbocycles. The lowest BCUT2D eigenvalue weighted by atomic mass is 9.77. The van der Waals surface area contributed by atoms with Gasteiger partial charge in [-0.25, -0.2) is 4.98 Å². The number of nitrogens with zero attached hydrogens (tertiary/aromatic N) is 1. The second kappa shape index (κ2) is 17.6. The van der Waals surface area contributed by atoms with Crippen molar-refractivity contribution in [2.45, 2.75) is 135 Å². The molecule has 1 heterocycles. The van der Waals surface area contributed by atoms with E-state index in [1.807, 2.05) is 6.07 Å². The van der Waals surface area contributed by atoms with Crippen LogP contribution in [0, 0.1) is 11.9 Å². The van der Waals surface area contributed by atoms with E-state index in [0.29, 0.717) is 18.2 Å². The van der Waals surface area contributed by atoms with Gasteiger partial charge in [0.25, 0.3) is 5.95 Å². The van der Waals surface area contributed by atoms with Crippen LogP contribution in [0.3, 0.4) is 0 Å². The van der Waals surface area contributed by atoms with E-state index < -0.39 is 5.95 Å². The molecule has 1 fully saturated rings. The number of hydrogen-bond donors (Lipinski definition) is 0. The van der Waals surface area contributed by atoms with Crippen molar-refractivity contribution in [2.24, 2.45) is 5.92 Å². The van der Waals surface area contributed by atoms with Gasteiger partial charge in [0.2, 0.25) is 0 Å². The summed E-state index contributed by atoms with van der Waals surface area (Å²) in [6.07, 6.45) is 23.6. The number of halogens is 1. The van der Waals surface area contributed by atoms with Gasteiger partial charge in [-0.1, -0.05) is 122 Å². The maximum atomic E-state index is 14.6. The lowest BCUT2D eigenvalue weighted by molar-refractivity contribution is 0.286. The van der Waals surface area contributed by atoms with Crippen LogP contribution in [0.5, 0.6) is 5.75 Å². The molecule has 0 N–H and O–H groups in total. The highest BCUT2D eigenvalue weighted by molar-refractivity contribution is 5.60. The van der Waals surface area contributed by atoms with Crippen LogP contribution in [0.4, 0.5) is 4.39 Å². The van der Waals surface area contributed by atoms with E-state index in [-0.39, 0.29) is 5.75 Å². The Hall–Kier alpha value is -1.90. The third kappa shape index (κ3) is 10.8. The van der Waals surface area contributed by atoms with E-state index in [4.69, 9.17) is 4.74 Å². The predicted octanol–water partition coefficient (Wildman–Crippen LogP) is 11.0. The van der Waals surface area contributed by atoms with Crippen LogP contribution < -0.4 is 4.74 Å². The van der Waals surface area contributed by atoms with Crippen LogP contribution in [-0.4, -0.2) is 11.6 Å². The van der Waals surface area contributed by atoms with Crippen molar-refractivity contribution >= 4 is 0 Å². The maximum absolute atomic E-state index is 14.6. The Morgan fingerprint density at radius 3 is 1.92 bits per heavy atom. The summed E-state index contributed by atoms with van der Waals surface area (Å²) in [7, 11) is 0. The number of pyridine rings is 1. The van der Waals surface area contributed by atoms with Crippen LogP contribution in [0.1, 0.15) is 141 Å². The zero-order valence-corrected chi connectivity index (χ0v) is 23.8. The van der Waals surface area contributed by atoms with Crippen molar-refractivity contribution in [3.05, 3.63) is 47.9 Å². The molecule has 0 radical (unpaired) electrons. The number of unbranched alkanes of at least 4 members (excludes halogenated alkanes) is 11. The van der Waals surface area contributed by atoms with Crippen LogP contribution in [0.2, 0.25) is 0 Å². The molecule has 0 spiro atoms. The standard InChI is InChI=1S/C34H52FNO/c1-3-5-7-8-9-10-11-12-13-15-27-37-33-26-25-32(36-34(33)35)31-23-21-30(22-24-31)29-19-17-28(18-20-29)16-14-6-4-2/h21-26,28-29H,3-20,27H2,1-2H3/t28-,29-. The Bertz CT molecular complexity index is 857. The molecular formula is C34H52FNO. The van der Waals surface area contributed by atoms with E-state index in [0.717, 1.165) is 24.3 Å². The SMILES string of the molecule is CCCCCCCCCCCCOc1ccc(-c2ccc([C@H]3CC[C@H](CCCCC)CC3)cc2)nc1F. The summed E-state index contributed by atoms with van der Waals surface area (Å²) in [5, 5.41) is 0. The highest BCUT2D eigenvalue weighted by Crippen LogP contribution is 2.38. The minimum Gasteiger partial charge on any atom is -0.489 e. The van der Waals surface area contributed by atoms with Crippen molar-refractivity contribution in [1.82, 2.24) is 4.98 Å². The number of rotatable bonds is 18. The lowest BCUT2D eigenvalue weighted by Gasteiger charge is -2.29. The monoisotopic (exact) mass is 509 g/mol. The maximum Gasteiger partial charge on any atom is 0.255 e. The van der Waals surface area contributed by atoms with Gasteiger partial charge in [-0.2, -0.15) is 4.39 Å². The first-order valence-electron chi connectivity index (χ1n) is 15.6. The van der Waals surface area contributed by atoms with Gasteiger partial charge in [-0.3, -0.25) is 0 Å². The molecule has 1 aromatic heterocycles. The molecule has 0 bridgehead atoms. The summed E-state index contributed by atoms with van der Waals surface area (Å²) >= 11 is 0. The molecule has 2 aromatic rings. The molecule has 0 atom stereocenters. The van der Waals surface area contributed by atoms with Crippen molar-refractivity contribution in [3.63, 3.8) is 0 Å². The number of benzene rings is 1. The van der Waals surface area contributed by atoms with Crippen molar-refractivity contribution in [1.29, 1.82) is 0 Å². The van der Waals surface area contributed by atoms with E-state index in [2.05, 4.69) is 43.1 Å². The molecule has 1 aliphatic rings. The van der Waals surface area contributed by atoms with Crippen LogP contribution in [0.25, 0.3) is 11.3 Å². The first-order chi connectivity index (χ1) is 18.2. The largest absolute Gasteiger partial charge is 0.489 e. The molecule has 0 aliphatic heterocycles. The highest BCUT2D eigenvalue weighted by atomic mass is 19.1. The predicted molar refractivity (Wildman–Crippen MR) is 156 cm³/mol. The average Bonchev–Trinajstić information content (AvgIpc) is 2.93. The normalized spacial score (nSPS) is 17.7. The van der Waals surface area contributed by atoms with Crippen molar-refractivity contribution in [3.8, 4) is 17.0 Å². The Labute approximate surface area is 226 Å². The summed E-state index contributed by atoms with van der Waals surface area (Å²) in [5.74, 6) is 1.37. The minimum atomic E-state index is -0.505. The Morgan fingerprint density at radius 2 is 1.30 bits per heavy atom. The zero-order chi connectivity index (χ0) is 26.1. The molecule has 3 heteroatoms. The molecule has 0 saturated heterocycles. The number of hydrogen-bond acceptors (Lipinski definition) is 2. The molecule has 0 amide bonds. The second-order valence-electron chi connectivity index (χ2n) is 11.4. The third-order valence-corrected chi connectivity index (χ3v) is 8.31. The quantitative estimate of drug-likeness (QED) is 0.147. The van der Waals surface area contributed by atoms with Crippen LogP contribution in [0.15, 0.2) is 36.4 Å². The van der Waals surface area contributed by atoms with Gasteiger partial charge < -0.3 is 4.74 Å². The van der Waals surface area contributed by atoms with Gasteiger partial charge in [0.1, 0.15) is 0 Å². The molecule has 37 heavy (non-hydrogen) atoms. The van der Waals surface area contributed by atoms with Crippen molar-refractivity contribution < 1.29 is 9.13 Å². The van der Waals surface area contributed by atoms with E-state index >= 15 is 0 Å². The Morgan fingerprint density at radius 1 is 0.703 bits per heavy atom. The van der Waals surface area contributed by atoms with Gasteiger partial charge >= 0.3 is 0 Å². The smallest absolute Gasteiger partial charge is 0.255 e. The topological polar surface area (TPSA) is 22.1 Å². The Kier molecular flexibility index (Phi) is 14.1. The second-order valence-corrected chi connectivity index (χ2v) is 11.4. The molecule has 1 saturated carbocycles. The first kappa shape index (κ1) is 29.7. The highest BCUT2D eigenvalue weighted by Gasteiger charge is 2.22. The summed E-state index contributed by atoms with van der Waals surface area (Å²) in [6, 6.07) is 12.3. The molecule has 1 aliphatic carbocycles. The van der Waals surface area contributed by atoms with Crippen molar-refractivity contribution in [2.75, 3.05) is 6.61 Å². The minimum absolute atomic E-state index is 0.270. The number of aromatic nitrogens is 1. The summed E-state index contributed by atoms with van der Waals surface area (Å²) in [4.78, 5) is 4.21. The molecular weight excluding hydrogens is 457 g/mol. The third-order valence-electron chi connectivity index (χ3n) is 8.31. The van der Waals surface area contributed by atoms with E-state index in [1.54, 1.807) is 6.07 Å². The molecule has 3 rings (SSSR count). The number of ether oxygens (including phenoxy) is 1. The van der Waals surface area contributed by atoms with Gasteiger partial charge in [0.15, 0.2) is 5.75 Å². The van der Waals surface area contributed by atoms with Crippen LogP contribution >= 0.6 is 0 Å². The molecule has 2 nitrogen and oxygen atoms in total.